The maximum atomic E-state index is 12.3. The van der Waals surface area contributed by atoms with Crippen molar-refractivity contribution in [2.45, 2.75) is 25.9 Å². The molecular weight excluding hydrogens is 300 g/mol. The molecule has 1 aromatic heterocycles. The van der Waals surface area contributed by atoms with E-state index in [2.05, 4.69) is 20.6 Å². The highest BCUT2D eigenvalue weighted by Crippen LogP contribution is 2.23. The number of fused-ring (bicyclic) bond motifs is 1. The van der Waals surface area contributed by atoms with Gasteiger partial charge in [-0.05, 0) is 18.1 Å². The van der Waals surface area contributed by atoms with Gasteiger partial charge in [-0.25, -0.2) is 4.98 Å². The highest BCUT2D eigenvalue weighted by atomic mass is 32.2. The lowest BCUT2D eigenvalue weighted by molar-refractivity contribution is -0.123. The van der Waals surface area contributed by atoms with Crippen LogP contribution in [0.5, 0.6) is 0 Å². The van der Waals surface area contributed by atoms with Crippen LogP contribution >= 0.6 is 11.8 Å². The Kier molecular flexibility index (Phi) is 4.06. The predicted octanol–water partition coefficient (Wildman–Crippen LogP) is 2.20. The fourth-order valence-electron chi connectivity index (χ4n) is 2.45. The number of amides is 2. The minimum atomic E-state index is -0.469. The molecular formula is C15H18N4O2S. The van der Waals surface area contributed by atoms with Crippen molar-refractivity contribution in [3.05, 3.63) is 30.1 Å². The molecule has 3 rings (SSSR count). The Balaban J connectivity index is 1.80. The Bertz CT molecular complexity index is 679. The van der Waals surface area contributed by atoms with E-state index in [1.165, 1.54) is 0 Å². The third-order valence-corrected chi connectivity index (χ3v) is 4.54. The van der Waals surface area contributed by atoms with Crippen LogP contribution in [-0.2, 0) is 4.79 Å². The Morgan fingerprint density at radius 2 is 2.18 bits per heavy atom. The van der Waals surface area contributed by atoms with Gasteiger partial charge in [0.1, 0.15) is 11.9 Å². The quantitative estimate of drug-likeness (QED) is 0.806. The van der Waals surface area contributed by atoms with Crippen LogP contribution in [0, 0.1) is 5.92 Å². The van der Waals surface area contributed by atoms with Gasteiger partial charge >= 0.3 is 0 Å². The molecule has 0 saturated carbocycles. The van der Waals surface area contributed by atoms with Crippen molar-refractivity contribution < 1.29 is 9.59 Å². The number of aromatic nitrogens is 2. The van der Waals surface area contributed by atoms with Gasteiger partial charge < -0.3 is 15.6 Å². The lowest BCUT2D eigenvalue weighted by Crippen LogP contribution is -2.45. The maximum Gasteiger partial charge on any atom is 0.279 e. The minimum Gasteiger partial charge on any atom is -0.344 e. The lowest BCUT2D eigenvalue weighted by atomic mass is 10.0. The number of rotatable bonds is 4. The molecule has 2 amide bonds. The van der Waals surface area contributed by atoms with Crippen LogP contribution in [0.3, 0.4) is 0 Å². The van der Waals surface area contributed by atoms with Gasteiger partial charge in [0.05, 0.1) is 17.1 Å². The molecule has 116 valence electrons. The summed E-state index contributed by atoms with van der Waals surface area (Å²) in [5.41, 5.74) is 1.82. The van der Waals surface area contributed by atoms with Crippen LogP contribution in [0.1, 0.15) is 25.7 Å². The minimum absolute atomic E-state index is 0.148. The number of thioether (sulfide) groups is 1. The predicted molar refractivity (Wildman–Crippen MR) is 86.6 cm³/mol. The van der Waals surface area contributed by atoms with Crippen LogP contribution < -0.4 is 10.6 Å². The van der Waals surface area contributed by atoms with E-state index >= 15 is 0 Å². The number of nitrogens with zero attached hydrogens (tertiary/aromatic N) is 1. The molecule has 0 unspecified atom stereocenters. The molecule has 0 aliphatic carbocycles. The molecule has 1 aliphatic heterocycles. The van der Waals surface area contributed by atoms with Crippen molar-refractivity contribution in [2.24, 2.45) is 5.92 Å². The Hall–Kier alpha value is -2.02. The highest BCUT2D eigenvalue weighted by Gasteiger charge is 2.31. The second kappa shape index (κ2) is 6.00. The fraction of sp³-hybridized carbons (Fsp3) is 0.400. The molecule has 6 nitrogen and oxygen atoms in total. The number of imidazole rings is 1. The second-order valence-corrected chi connectivity index (χ2v) is 6.66. The number of para-hydroxylation sites is 2. The zero-order valence-electron chi connectivity index (χ0n) is 12.4. The Morgan fingerprint density at radius 3 is 2.82 bits per heavy atom. The molecule has 2 heterocycles. The molecule has 1 saturated heterocycles. The number of carbonyl (C=O) groups is 2. The van der Waals surface area contributed by atoms with Crippen molar-refractivity contribution in [3.63, 3.8) is 0 Å². The number of hydrogen-bond acceptors (Lipinski definition) is 4. The van der Waals surface area contributed by atoms with Gasteiger partial charge in [-0.3, -0.25) is 9.59 Å². The van der Waals surface area contributed by atoms with Crippen molar-refractivity contribution in [3.8, 4) is 0 Å². The van der Waals surface area contributed by atoms with Gasteiger partial charge in [0.2, 0.25) is 5.91 Å². The molecule has 3 N–H and O–H groups in total. The van der Waals surface area contributed by atoms with E-state index in [9.17, 15) is 9.59 Å². The summed E-state index contributed by atoms with van der Waals surface area (Å²) < 4.78 is 0. The number of carbonyl (C=O) groups excluding carboxylic acids is 2. The Morgan fingerprint density at radius 1 is 1.41 bits per heavy atom. The normalized spacial score (nSPS) is 19.4. The molecule has 7 heteroatoms. The monoisotopic (exact) mass is 318 g/mol. The largest absolute Gasteiger partial charge is 0.344 e. The van der Waals surface area contributed by atoms with Crippen LogP contribution in [0.2, 0.25) is 0 Å². The lowest BCUT2D eigenvalue weighted by Gasteiger charge is -2.22. The van der Waals surface area contributed by atoms with Crippen LogP contribution in [0.15, 0.2) is 24.3 Å². The number of hydrogen-bond donors (Lipinski definition) is 3. The van der Waals surface area contributed by atoms with E-state index in [0.29, 0.717) is 5.75 Å². The van der Waals surface area contributed by atoms with Gasteiger partial charge in [-0.15, -0.1) is 0 Å². The van der Waals surface area contributed by atoms with E-state index in [4.69, 9.17) is 0 Å². The second-order valence-electron chi connectivity index (χ2n) is 5.66. The zero-order chi connectivity index (χ0) is 15.7. The smallest absolute Gasteiger partial charge is 0.279 e. The first-order chi connectivity index (χ1) is 10.5. The number of H-pyrrole nitrogens is 1. The molecule has 2 aromatic rings. The maximum absolute atomic E-state index is 12.3. The zero-order valence-corrected chi connectivity index (χ0v) is 13.2. The number of nitrogens with one attached hydrogen (secondary N) is 3. The molecule has 0 spiro atoms. The number of aromatic amines is 1. The summed E-state index contributed by atoms with van der Waals surface area (Å²) in [6.45, 7) is 4.06. The first-order valence-corrected chi connectivity index (χ1v) is 8.21. The molecule has 1 aliphatic rings. The van der Waals surface area contributed by atoms with E-state index in [1.807, 2.05) is 38.1 Å². The van der Waals surface area contributed by atoms with E-state index in [1.54, 1.807) is 0 Å². The third-order valence-electron chi connectivity index (χ3n) is 3.66. The topological polar surface area (TPSA) is 86.9 Å². The van der Waals surface area contributed by atoms with Gasteiger partial charge in [0.25, 0.3) is 5.24 Å². The summed E-state index contributed by atoms with van der Waals surface area (Å²) in [5, 5.41) is 5.50. The molecule has 2 atom stereocenters. The average Bonchev–Trinajstić information content (AvgIpc) is 3.09. The first-order valence-electron chi connectivity index (χ1n) is 7.23. The highest BCUT2D eigenvalue weighted by molar-refractivity contribution is 8.14. The van der Waals surface area contributed by atoms with Gasteiger partial charge in [0, 0.05) is 5.75 Å². The van der Waals surface area contributed by atoms with E-state index in [0.717, 1.165) is 28.6 Å². The molecule has 1 fully saturated rings. The van der Waals surface area contributed by atoms with Crippen molar-refractivity contribution in [2.75, 3.05) is 5.75 Å². The molecule has 1 aromatic carbocycles. The summed E-state index contributed by atoms with van der Waals surface area (Å²) in [6.07, 6.45) is 0. The van der Waals surface area contributed by atoms with Crippen LogP contribution in [0.4, 0.5) is 4.79 Å². The van der Waals surface area contributed by atoms with Gasteiger partial charge in [-0.2, -0.15) is 0 Å². The summed E-state index contributed by atoms with van der Waals surface area (Å²) in [6, 6.07) is 7.08. The van der Waals surface area contributed by atoms with E-state index in [-0.39, 0.29) is 23.1 Å². The summed E-state index contributed by atoms with van der Waals surface area (Å²) in [4.78, 5) is 31.4. The van der Waals surface area contributed by atoms with Crippen LogP contribution in [-0.4, -0.2) is 32.9 Å². The molecule has 22 heavy (non-hydrogen) atoms. The first kappa shape index (κ1) is 14.9. The van der Waals surface area contributed by atoms with Crippen molar-refractivity contribution >= 4 is 33.9 Å². The number of benzene rings is 1. The van der Waals surface area contributed by atoms with Crippen molar-refractivity contribution in [1.29, 1.82) is 0 Å². The third kappa shape index (κ3) is 2.94. The SMILES string of the molecule is CC(C)[C@@H](NC(=O)[C@@H]1CSC(=O)N1)c1nc2ccccc2[nH]1. The summed E-state index contributed by atoms with van der Waals surface area (Å²) >= 11 is 1.13. The van der Waals surface area contributed by atoms with E-state index < -0.39 is 6.04 Å². The standard InChI is InChI=1S/C15H18N4O2S/c1-8(2)12(19-14(20)11-7-22-15(21)18-11)13-16-9-5-3-4-6-10(9)17-13/h3-6,8,11-12H,7H2,1-2H3,(H,16,17)(H,18,21)(H,19,20)/t11-,12+/m0/s1. The van der Waals surface area contributed by atoms with Crippen molar-refractivity contribution in [1.82, 2.24) is 20.6 Å². The molecule has 0 radical (unpaired) electrons. The van der Waals surface area contributed by atoms with Gasteiger partial charge in [-0.1, -0.05) is 37.7 Å². The van der Waals surface area contributed by atoms with Gasteiger partial charge in [0.15, 0.2) is 0 Å². The summed E-state index contributed by atoms with van der Waals surface area (Å²) in [7, 11) is 0. The Labute approximate surface area is 132 Å². The fourth-order valence-corrected chi connectivity index (χ4v) is 3.23. The summed E-state index contributed by atoms with van der Waals surface area (Å²) in [5.74, 6) is 1.21. The average molecular weight is 318 g/mol. The van der Waals surface area contributed by atoms with Crippen LogP contribution in [0.25, 0.3) is 11.0 Å². The molecule has 0 bridgehead atoms.